The maximum absolute atomic E-state index is 9.66. The first-order valence-electron chi connectivity index (χ1n) is 6.48. The minimum Gasteiger partial charge on any atom is -0.393 e. The van der Waals surface area contributed by atoms with E-state index >= 15 is 0 Å². The first-order valence-corrected chi connectivity index (χ1v) is 6.48. The molecule has 1 atom stereocenters. The molecule has 1 nitrogen and oxygen atoms in total. The average Bonchev–Trinajstić information content (AvgIpc) is 2.20. The average molecular weight is 212 g/mol. The second-order valence-electron chi connectivity index (χ2n) is 4.73. The highest BCUT2D eigenvalue weighted by Crippen LogP contribution is 2.11. The molecular formula is C14H28O. The van der Waals surface area contributed by atoms with Crippen LogP contribution in [0.15, 0.2) is 11.6 Å². The van der Waals surface area contributed by atoms with Gasteiger partial charge in [0.15, 0.2) is 0 Å². The van der Waals surface area contributed by atoms with E-state index in [4.69, 9.17) is 0 Å². The molecule has 0 amide bonds. The fourth-order valence-electron chi connectivity index (χ4n) is 1.65. The van der Waals surface area contributed by atoms with Crippen molar-refractivity contribution in [3.05, 3.63) is 11.6 Å². The number of hydrogen-bond donors (Lipinski definition) is 1. The Labute approximate surface area is 95.6 Å². The third kappa shape index (κ3) is 11.6. The van der Waals surface area contributed by atoms with E-state index in [1.165, 1.54) is 44.1 Å². The van der Waals surface area contributed by atoms with Crippen LogP contribution < -0.4 is 0 Å². The van der Waals surface area contributed by atoms with Crippen molar-refractivity contribution in [3.63, 3.8) is 0 Å². The molecule has 0 bridgehead atoms. The second kappa shape index (κ2) is 10.2. The summed E-state index contributed by atoms with van der Waals surface area (Å²) >= 11 is 0. The zero-order valence-electron chi connectivity index (χ0n) is 10.8. The molecule has 0 aromatic rings. The van der Waals surface area contributed by atoms with Crippen LogP contribution in [0, 0.1) is 0 Å². The molecule has 0 saturated carbocycles. The molecule has 1 N–H and O–H groups in total. The van der Waals surface area contributed by atoms with Crippen molar-refractivity contribution < 1.29 is 5.11 Å². The lowest BCUT2D eigenvalue weighted by Crippen LogP contribution is -2.04. The van der Waals surface area contributed by atoms with E-state index in [-0.39, 0.29) is 6.10 Å². The van der Waals surface area contributed by atoms with Crippen LogP contribution in [-0.4, -0.2) is 11.2 Å². The molecule has 0 aromatic carbocycles. The normalized spacial score (nSPS) is 12.5. The van der Waals surface area contributed by atoms with E-state index in [2.05, 4.69) is 26.8 Å². The molecule has 0 spiro atoms. The van der Waals surface area contributed by atoms with Crippen molar-refractivity contribution in [3.8, 4) is 0 Å². The van der Waals surface area contributed by atoms with E-state index < -0.39 is 0 Å². The van der Waals surface area contributed by atoms with Crippen LogP contribution in [0.25, 0.3) is 0 Å². The Hall–Kier alpha value is -0.300. The molecule has 0 heterocycles. The quantitative estimate of drug-likeness (QED) is 0.442. The van der Waals surface area contributed by atoms with E-state index in [0.717, 1.165) is 12.8 Å². The Morgan fingerprint density at radius 1 is 1.07 bits per heavy atom. The molecule has 90 valence electrons. The van der Waals surface area contributed by atoms with E-state index in [0.29, 0.717) is 0 Å². The molecule has 0 aliphatic carbocycles. The number of hydrogen-bond acceptors (Lipinski definition) is 1. The fourth-order valence-corrected chi connectivity index (χ4v) is 1.65. The van der Waals surface area contributed by atoms with Crippen molar-refractivity contribution in [2.45, 2.75) is 78.2 Å². The van der Waals surface area contributed by atoms with E-state index in [1.807, 2.05) is 0 Å². The Balaban J connectivity index is 3.24. The van der Waals surface area contributed by atoms with Gasteiger partial charge in [0.05, 0.1) is 6.10 Å². The Bertz CT molecular complexity index is 157. The minimum atomic E-state index is -0.119. The van der Waals surface area contributed by atoms with Crippen LogP contribution in [0.1, 0.15) is 72.1 Å². The number of rotatable bonds is 9. The lowest BCUT2D eigenvalue weighted by atomic mass is 10.0. The van der Waals surface area contributed by atoms with Gasteiger partial charge >= 0.3 is 0 Å². The number of allylic oxidation sites excluding steroid dienone is 1. The van der Waals surface area contributed by atoms with Crippen LogP contribution in [0.2, 0.25) is 0 Å². The van der Waals surface area contributed by atoms with Crippen molar-refractivity contribution in [2.24, 2.45) is 0 Å². The molecule has 0 rings (SSSR count). The molecule has 0 saturated heterocycles. The standard InChI is InChI=1S/C14H28O/c1-4-5-6-7-8-9-10-14(15)12-11-13(2)3/h11,14-15H,4-10,12H2,1-3H3/t14-/m0/s1. The minimum absolute atomic E-state index is 0.119. The van der Waals surface area contributed by atoms with Gasteiger partial charge in [-0.2, -0.15) is 0 Å². The van der Waals surface area contributed by atoms with Gasteiger partial charge in [-0.3, -0.25) is 0 Å². The summed E-state index contributed by atoms with van der Waals surface area (Å²) in [7, 11) is 0. The highest BCUT2D eigenvalue weighted by Gasteiger charge is 2.01. The summed E-state index contributed by atoms with van der Waals surface area (Å²) in [5.74, 6) is 0. The van der Waals surface area contributed by atoms with Gasteiger partial charge in [0, 0.05) is 0 Å². The summed E-state index contributed by atoms with van der Waals surface area (Å²) in [6, 6.07) is 0. The van der Waals surface area contributed by atoms with Crippen LogP contribution in [0.4, 0.5) is 0 Å². The molecule has 0 fully saturated rings. The predicted molar refractivity (Wildman–Crippen MR) is 68.0 cm³/mol. The third-order valence-corrected chi connectivity index (χ3v) is 2.69. The molecule has 0 aliphatic rings. The summed E-state index contributed by atoms with van der Waals surface area (Å²) in [5, 5.41) is 9.66. The van der Waals surface area contributed by atoms with Gasteiger partial charge < -0.3 is 5.11 Å². The zero-order chi connectivity index (χ0) is 11.5. The molecule has 0 aromatic heterocycles. The molecule has 0 radical (unpaired) electrons. The largest absolute Gasteiger partial charge is 0.393 e. The van der Waals surface area contributed by atoms with Crippen molar-refractivity contribution in [1.82, 2.24) is 0 Å². The van der Waals surface area contributed by atoms with Gasteiger partial charge in [-0.15, -0.1) is 0 Å². The maximum atomic E-state index is 9.66. The van der Waals surface area contributed by atoms with E-state index in [9.17, 15) is 5.11 Å². The first kappa shape index (κ1) is 14.7. The van der Waals surface area contributed by atoms with Crippen LogP contribution >= 0.6 is 0 Å². The van der Waals surface area contributed by atoms with Gasteiger partial charge in [-0.05, 0) is 26.7 Å². The van der Waals surface area contributed by atoms with Gasteiger partial charge in [-0.1, -0.05) is 57.1 Å². The van der Waals surface area contributed by atoms with Gasteiger partial charge in [0.1, 0.15) is 0 Å². The summed E-state index contributed by atoms with van der Waals surface area (Å²) < 4.78 is 0. The smallest absolute Gasteiger partial charge is 0.0574 e. The predicted octanol–water partition coefficient (Wildman–Crippen LogP) is 4.45. The van der Waals surface area contributed by atoms with Crippen LogP contribution in [0.5, 0.6) is 0 Å². The van der Waals surface area contributed by atoms with E-state index in [1.54, 1.807) is 0 Å². The highest BCUT2D eigenvalue weighted by atomic mass is 16.3. The fraction of sp³-hybridized carbons (Fsp3) is 0.857. The first-order chi connectivity index (χ1) is 7.16. The molecule has 15 heavy (non-hydrogen) atoms. The molecule has 0 unspecified atom stereocenters. The van der Waals surface area contributed by atoms with Crippen molar-refractivity contribution >= 4 is 0 Å². The number of aliphatic hydroxyl groups is 1. The Morgan fingerprint density at radius 3 is 2.27 bits per heavy atom. The van der Waals surface area contributed by atoms with Crippen LogP contribution in [-0.2, 0) is 0 Å². The summed E-state index contributed by atoms with van der Waals surface area (Å²) in [6.45, 7) is 6.40. The van der Waals surface area contributed by atoms with Crippen molar-refractivity contribution in [2.75, 3.05) is 0 Å². The Morgan fingerprint density at radius 2 is 1.67 bits per heavy atom. The maximum Gasteiger partial charge on any atom is 0.0574 e. The topological polar surface area (TPSA) is 20.2 Å². The Kier molecular flexibility index (Phi) is 10.0. The highest BCUT2D eigenvalue weighted by molar-refractivity contribution is 4.94. The molecular weight excluding hydrogens is 184 g/mol. The lowest BCUT2D eigenvalue weighted by Gasteiger charge is -2.07. The zero-order valence-corrected chi connectivity index (χ0v) is 10.8. The molecule has 0 aliphatic heterocycles. The summed E-state index contributed by atoms with van der Waals surface area (Å²) in [5.41, 5.74) is 1.30. The number of unbranched alkanes of at least 4 members (excludes halogenated alkanes) is 5. The number of aliphatic hydroxyl groups excluding tert-OH is 1. The van der Waals surface area contributed by atoms with Gasteiger partial charge in [0.25, 0.3) is 0 Å². The van der Waals surface area contributed by atoms with Gasteiger partial charge in [-0.25, -0.2) is 0 Å². The third-order valence-electron chi connectivity index (χ3n) is 2.69. The van der Waals surface area contributed by atoms with Crippen LogP contribution in [0.3, 0.4) is 0 Å². The second-order valence-corrected chi connectivity index (χ2v) is 4.73. The monoisotopic (exact) mass is 212 g/mol. The lowest BCUT2D eigenvalue weighted by molar-refractivity contribution is 0.163. The van der Waals surface area contributed by atoms with Gasteiger partial charge in [0.2, 0.25) is 0 Å². The molecule has 1 heteroatoms. The SMILES string of the molecule is CCCCCCCC[C@H](O)CC=C(C)C. The van der Waals surface area contributed by atoms with Crippen molar-refractivity contribution in [1.29, 1.82) is 0 Å². The summed E-state index contributed by atoms with van der Waals surface area (Å²) in [6.07, 6.45) is 11.6. The summed E-state index contributed by atoms with van der Waals surface area (Å²) in [4.78, 5) is 0.